The highest BCUT2D eigenvalue weighted by molar-refractivity contribution is 5.41. The van der Waals surface area contributed by atoms with E-state index in [0.717, 1.165) is 35.5 Å². The summed E-state index contributed by atoms with van der Waals surface area (Å²) in [5, 5.41) is 18.9. The lowest BCUT2D eigenvalue weighted by molar-refractivity contribution is 0.194. The van der Waals surface area contributed by atoms with E-state index in [1.165, 1.54) is 0 Å². The van der Waals surface area contributed by atoms with Gasteiger partial charge >= 0.3 is 0 Å². The summed E-state index contributed by atoms with van der Waals surface area (Å²) < 4.78 is 5.32. The van der Waals surface area contributed by atoms with Crippen LogP contribution in [0.4, 0.5) is 5.95 Å². The van der Waals surface area contributed by atoms with E-state index in [2.05, 4.69) is 24.0 Å². The normalized spacial score (nSPS) is 20.4. The van der Waals surface area contributed by atoms with Crippen LogP contribution in [-0.2, 0) is 12.8 Å². The third-order valence-corrected chi connectivity index (χ3v) is 4.51. The number of aliphatic hydroxyl groups is 1. The maximum atomic E-state index is 10.2. The molecule has 1 saturated heterocycles. The molecule has 0 bridgehead atoms. The summed E-state index contributed by atoms with van der Waals surface area (Å²) >= 11 is 0. The van der Waals surface area contributed by atoms with Crippen LogP contribution in [0.1, 0.15) is 43.3 Å². The highest BCUT2D eigenvalue weighted by atomic mass is 16.5. The van der Waals surface area contributed by atoms with Gasteiger partial charge in [0.05, 0.1) is 30.6 Å². The monoisotopic (exact) mass is 328 g/mol. The van der Waals surface area contributed by atoms with Crippen LogP contribution in [0.25, 0.3) is 0 Å². The number of anilines is 1. The van der Waals surface area contributed by atoms with Crippen LogP contribution in [0.5, 0.6) is 5.75 Å². The second kappa shape index (κ2) is 7.13. The predicted molar refractivity (Wildman–Crippen MR) is 92.3 cm³/mol. The van der Waals surface area contributed by atoms with Crippen molar-refractivity contribution in [3.63, 3.8) is 0 Å². The molecule has 1 fully saturated rings. The molecule has 0 amide bonds. The van der Waals surface area contributed by atoms with Crippen molar-refractivity contribution in [3.05, 3.63) is 41.2 Å². The summed E-state index contributed by atoms with van der Waals surface area (Å²) in [4.78, 5) is 6.75. The lowest BCUT2D eigenvalue weighted by Crippen LogP contribution is -2.27. The van der Waals surface area contributed by atoms with Crippen molar-refractivity contribution in [1.82, 2.24) is 15.2 Å². The minimum atomic E-state index is -0.402. The van der Waals surface area contributed by atoms with E-state index in [1.54, 1.807) is 7.11 Å². The smallest absolute Gasteiger partial charge is 0.246 e. The van der Waals surface area contributed by atoms with Crippen molar-refractivity contribution in [3.8, 4) is 5.75 Å². The molecule has 2 atom stereocenters. The molecule has 6 heteroatoms. The molecule has 1 aromatic heterocycles. The molecule has 24 heavy (non-hydrogen) atoms. The maximum absolute atomic E-state index is 10.2. The van der Waals surface area contributed by atoms with Gasteiger partial charge in [0, 0.05) is 6.54 Å². The van der Waals surface area contributed by atoms with Gasteiger partial charge in [-0.15, -0.1) is 5.10 Å². The first-order valence-electron chi connectivity index (χ1n) is 8.47. The molecule has 128 valence electrons. The first-order chi connectivity index (χ1) is 11.7. The number of β-amino-alcohol motifs (C(OH)–C–C–N with tert-alkyl or cyclic N) is 1. The Kier molecular flexibility index (Phi) is 4.94. The van der Waals surface area contributed by atoms with E-state index in [9.17, 15) is 5.11 Å². The van der Waals surface area contributed by atoms with Crippen molar-refractivity contribution < 1.29 is 9.84 Å². The van der Waals surface area contributed by atoms with E-state index >= 15 is 0 Å². The van der Waals surface area contributed by atoms with Crippen molar-refractivity contribution in [2.45, 2.75) is 45.3 Å². The standard InChI is InChI=1S/C18H24N4O2/c1-4-15-16(5-2)20-21-18(19-15)22-11-13(23)10-17(22)12-7-6-8-14(9-12)24-3/h6-9,13,17,23H,4-5,10-11H2,1-3H3/t13-,17-/m1/s1. The van der Waals surface area contributed by atoms with Crippen LogP contribution in [0.15, 0.2) is 24.3 Å². The number of benzene rings is 1. The number of aliphatic hydroxyl groups excluding tert-OH is 1. The zero-order valence-corrected chi connectivity index (χ0v) is 14.4. The molecular weight excluding hydrogens is 304 g/mol. The summed E-state index contributed by atoms with van der Waals surface area (Å²) in [6.45, 7) is 4.65. The number of hydrogen-bond acceptors (Lipinski definition) is 6. The molecule has 1 aromatic carbocycles. The molecule has 6 nitrogen and oxygen atoms in total. The fraction of sp³-hybridized carbons (Fsp3) is 0.500. The number of aromatic nitrogens is 3. The largest absolute Gasteiger partial charge is 0.497 e. The SMILES string of the molecule is CCc1nnc(N2C[C@H](O)C[C@@H]2c2cccc(OC)c2)nc1CC. The molecule has 0 spiro atoms. The number of hydrogen-bond donors (Lipinski definition) is 1. The average molecular weight is 328 g/mol. The number of aryl methyl sites for hydroxylation is 2. The van der Waals surface area contributed by atoms with E-state index in [1.807, 2.05) is 29.2 Å². The van der Waals surface area contributed by atoms with E-state index in [-0.39, 0.29) is 6.04 Å². The van der Waals surface area contributed by atoms with Gasteiger partial charge in [-0.1, -0.05) is 26.0 Å². The van der Waals surface area contributed by atoms with Crippen LogP contribution < -0.4 is 9.64 Å². The molecule has 1 aliphatic rings. The van der Waals surface area contributed by atoms with Gasteiger partial charge in [-0.2, -0.15) is 5.10 Å². The minimum absolute atomic E-state index is 0.0223. The molecule has 1 N–H and O–H groups in total. The Hall–Kier alpha value is -2.21. The molecule has 0 aliphatic carbocycles. The van der Waals surface area contributed by atoms with E-state index in [0.29, 0.717) is 18.9 Å². The van der Waals surface area contributed by atoms with Gasteiger partial charge in [0.2, 0.25) is 5.95 Å². The fourth-order valence-corrected chi connectivity index (χ4v) is 3.25. The number of rotatable bonds is 5. The third-order valence-electron chi connectivity index (χ3n) is 4.51. The lowest BCUT2D eigenvalue weighted by atomic mass is 10.0. The van der Waals surface area contributed by atoms with Crippen LogP contribution in [0.2, 0.25) is 0 Å². The molecule has 0 saturated carbocycles. The summed E-state index contributed by atoms with van der Waals surface area (Å²) in [5.74, 6) is 1.40. The van der Waals surface area contributed by atoms with Crippen molar-refractivity contribution >= 4 is 5.95 Å². The fourth-order valence-electron chi connectivity index (χ4n) is 3.25. The first-order valence-corrected chi connectivity index (χ1v) is 8.47. The van der Waals surface area contributed by atoms with Gasteiger partial charge in [-0.05, 0) is 37.0 Å². The topological polar surface area (TPSA) is 71.4 Å². The van der Waals surface area contributed by atoms with E-state index < -0.39 is 6.10 Å². The number of ether oxygens (including phenoxy) is 1. The highest BCUT2D eigenvalue weighted by Crippen LogP contribution is 2.35. The minimum Gasteiger partial charge on any atom is -0.497 e. The third kappa shape index (κ3) is 3.19. The Balaban J connectivity index is 1.95. The van der Waals surface area contributed by atoms with Gasteiger partial charge in [0.25, 0.3) is 0 Å². The van der Waals surface area contributed by atoms with Crippen LogP contribution in [0.3, 0.4) is 0 Å². The number of methoxy groups -OCH3 is 1. The zero-order chi connectivity index (χ0) is 17.1. The van der Waals surface area contributed by atoms with Gasteiger partial charge in [0.1, 0.15) is 5.75 Å². The molecule has 0 unspecified atom stereocenters. The second-order valence-corrected chi connectivity index (χ2v) is 6.05. The van der Waals surface area contributed by atoms with Crippen molar-refractivity contribution in [1.29, 1.82) is 0 Å². The van der Waals surface area contributed by atoms with Gasteiger partial charge in [-0.25, -0.2) is 4.98 Å². The van der Waals surface area contributed by atoms with Crippen molar-refractivity contribution in [2.24, 2.45) is 0 Å². The molecule has 3 rings (SSSR count). The second-order valence-electron chi connectivity index (χ2n) is 6.05. The molecule has 0 radical (unpaired) electrons. The average Bonchev–Trinajstić information content (AvgIpc) is 3.03. The highest BCUT2D eigenvalue weighted by Gasteiger charge is 2.34. The zero-order valence-electron chi connectivity index (χ0n) is 14.4. The van der Waals surface area contributed by atoms with Crippen LogP contribution in [0, 0.1) is 0 Å². The van der Waals surface area contributed by atoms with Crippen molar-refractivity contribution in [2.75, 3.05) is 18.6 Å². The van der Waals surface area contributed by atoms with Crippen LogP contribution >= 0.6 is 0 Å². The van der Waals surface area contributed by atoms with Crippen LogP contribution in [-0.4, -0.2) is 40.0 Å². The summed E-state index contributed by atoms with van der Waals surface area (Å²) in [6.07, 6.45) is 1.89. The van der Waals surface area contributed by atoms with Gasteiger partial charge in [0.15, 0.2) is 0 Å². The Bertz CT molecular complexity index is 707. The number of nitrogens with zero attached hydrogens (tertiary/aromatic N) is 4. The quantitative estimate of drug-likeness (QED) is 0.908. The predicted octanol–water partition coefficient (Wildman–Crippen LogP) is 2.32. The lowest BCUT2D eigenvalue weighted by Gasteiger charge is -2.25. The summed E-state index contributed by atoms with van der Waals surface area (Å²) in [6, 6.07) is 7.96. The first kappa shape index (κ1) is 16.6. The van der Waals surface area contributed by atoms with E-state index in [4.69, 9.17) is 9.72 Å². The molecule has 1 aliphatic heterocycles. The van der Waals surface area contributed by atoms with Gasteiger partial charge in [-0.3, -0.25) is 0 Å². The van der Waals surface area contributed by atoms with Gasteiger partial charge < -0.3 is 14.7 Å². The summed E-state index contributed by atoms with van der Waals surface area (Å²) in [5.41, 5.74) is 3.01. The molecule has 2 aromatic rings. The Morgan fingerprint density at radius 1 is 1.21 bits per heavy atom. The summed E-state index contributed by atoms with van der Waals surface area (Å²) in [7, 11) is 1.66. The Morgan fingerprint density at radius 2 is 2.00 bits per heavy atom. The Morgan fingerprint density at radius 3 is 2.71 bits per heavy atom. The molecular formula is C18H24N4O2. The Labute approximate surface area is 142 Å². The maximum Gasteiger partial charge on any atom is 0.246 e. The molecule has 2 heterocycles.